The molecule has 0 aliphatic rings. The van der Waals surface area contributed by atoms with Gasteiger partial charge in [0.2, 0.25) is 0 Å². The van der Waals surface area contributed by atoms with E-state index >= 15 is 0 Å². The molecule has 17 heavy (non-hydrogen) atoms. The first-order chi connectivity index (χ1) is 8.08. The lowest BCUT2D eigenvalue weighted by atomic mass is 9.99. The fourth-order valence-electron chi connectivity index (χ4n) is 1.81. The van der Waals surface area contributed by atoms with Crippen molar-refractivity contribution >= 4 is 15.9 Å². The number of aromatic nitrogens is 1. The van der Waals surface area contributed by atoms with Gasteiger partial charge in [0.25, 0.3) is 0 Å². The fraction of sp³-hybridized carbons (Fsp3) is 0.643. The minimum atomic E-state index is 0.700. The first-order valence-corrected chi connectivity index (χ1v) is 7.17. The van der Waals surface area contributed by atoms with Crippen LogP contribution < -0.4 is 5.32 Å². The van der Waals surface area contributed by atoms with Crippen LogP contribution >= 0.6 is 15.9 Å². The van der Waals surface area contributed by atoms with E-state index in [0.717, 1.165) is 29.9 Å². The normalized spacial score (nSPS) is 13.0. The van der Waals surface area contributed by atoms with Gasteiger partial charge in [-0.05, 0) is 65.3 Å². The summed E-state index contributed by atoms with van der Waals surface area (Å²) < 4.78 is 1.07. The standard InChI is InChI=1S/C14H23BrN2/c1-11(2)8-16-5-4-12(3)6-13-7-14(15)10-17-9-13/h7,9-12,16H,4-6,8H2,1-3H3. The molecule has 1 aromatic rings. The second kappa shape index (κ2) is 7.83. The van der Waals surface area contributed by atoms with Gasteiger partial charge in [0, 0.05) is 16.9 Å². The van der Waals surface area contributed by atoms with Gasteiger partial charge in [0.15, 0.2) is 0 Å². The second-order valence-corrected chi connectivity index (χ2v) is 6.12. The van der Waals surface area contributed by atoms with E-state index in [9.17, 15) is 0 Å². The Morgan fingerprint density at radius 3 is 2.71 bits per heavy atom. The molecule has 0 spiro atoms. The van der Waals surface area contributed by atoms with Gasteiger partial charge < -0.3 is 5.32 Å². The minimum Gasteiger partial charge on any atom is -0.316 e. The predicted octanol–water partition coefficient (Wildman–Crippen LogP) is 3.66. The average molecular weight is 299 g/mol. The molecule has 0 radical (unpaired) electrons. The van der Waals surface area contributed by atoms with Gasteiger partial charge in [-0.3, -0.25) is 4.98 Å². The lowest BCUT2D eigenvalue weighted by Crippen LogP contribution is -2.22. The molecule has 1 aromatic heterocycles. The Balaban J connectivity index is 2.23. The minimum absolute atomic E-state index is 0.700. The highest BCUT2D eigenvalue weighted by Gasteiger charge is 2.04. The van der Waals surface area contributed by atoms with Crippen LogP contribution in [0.4, 0.5) is 0 Å². The number of pyridine rings is 1. The molecule has 1 unspecified atom stereocenters. The highest BCUT2D eigenvalue weighted by molar-refractivity contribution is 9.10. The Morgan fingerprint density at radius 1 is 1.29 bits per heavy atom. The van der Waals surface area contributed by atoms with Gasteiger partial charge in [-0.2, -0.15) is 0 Å². The van der Waals surface area contributed by atoms with Crippen molar-refractivity contribution in [1.29, 1.82) is 0 Å². The van der Waals surface area contributed by atoms with Gasteiger partial charge in [-0.1, -0.05) is 20.8 Å². The Bertz CT molecular complexity index is 326. The molecule has 0 bridgehead atoms. The van der Waals surface area contributed by atoms with Crippen molar-refractivity contribution < 1.29 is 0 Å². The number of hydrogen-bond donors (Lipinski definition) is 1. The summed E-state index contributed by atoms with van der Waals surface area (Å²) in [6.07, 6.45) is 6.12. The highest BCUT2D eigenvalue weighted by Crippen LogP contribution is 2.14. The Morgan fingerprint density at radius 2 is 2.06 bits per heavy atom. The van der Waals surface area contributed by atoms with Crippen molar-refractivity contribution in [2.45, 2.75) is 33.6 Å². The molecular weight excluding hydrogens is 276 g/mol. The lowest BCUT2D eigenvalue weighted by Gasteiger charge is -2.13. The van der Waals surface area contributed by atoms with E-state index in [4.69, 9.17) is 0 Å². The maximum atomic E-state index is 4.19. The van der Waals surface area contributed by atoms with Crippen molar-refractivity contribution in [3.63, 3.8) is 0 Å². The van der Waals surface area contributed by atoms with Crippen LogP contribution in [0.3, 0.4) is 0 Å². The summed E-state index contributed by atoms with van der Waals surface area (Å²) in [5.74, 6) is 1.44. The molecule has 0 fully saturated rings. The molecule has 2 nitrogen and oxygen atoms in total. The third kappa shape index (κ3) is 6.79. The first kappa shape index (κ1) is 14.7. The molecule has 1 heterocycles. The second-order valence-electron chi connectivity index (χ2n) is 5.21. The van der Waals surface area contributed by atoms with E-state index in [-0.39, 0.29) is 0 Å². The Labute approximate surface area is 113 Å². The first-order valence-electron chi connectivity index (χ1n) is 6.38. The van der Waals surface area contributed by atoms with Crippen molar-refractivity contribution in [2.24, 2.45) is 11.8 Å². The zero-order valence-electron chi connectivity index (χ0n) is 11.0. The SMILES string of the molecule is CC(C)CNCCC(C)Cc1cncc(Br)c1. The van der Waals surface area contributed by atoms with Crippen molar-refractivity contribution in [2.75, 3.05) is 13.1 Å². The largest absolute Gasteiger partial charge is 0.316 e. The van der Waals surface area contributed by atoms with Crippen LogP contribution in [0, 0.1) is 11.8 Å². The van der Waals surface area contributed by atoms with Gasteiger partial charge >= 0.3 is 0 Å². The molecular formula is C14H23BrN2. The Hall–Kier alpha value is -0.410. The van der Waals surface area contributed by atoms with Crippen LogP contribution in [-0.4, -0.2) is 18.1 Å². The van der Waals surface area contributed by atoms with Crippen LogP contribution in [0.15, 0.2) is 22.9 Å². The number of halogens is 1. The maximum Gasteiger partial charge on any atom is 0.0410 e. The summed E-state index contributed by atoms with van der Waals surface area (Å²) in [5, 5.41) is 3.49. The molecule has 0 saturated heterocycles. The van der Waals surface area contributed by atoms with Crippen LogP contribution in [0.25, 0.3) is 0 Å². The van der Waals surface area contributed by atoms with E-state index in [1.165, 1.54) is 12.0 Å². The van der Waals surface area contributed by atoms with E-state index < -0.39 is 0 Å². The summed E-state index contributed by atoms with van der Waals surface area (Å²) in [6.45, 7) is 9.01. The van der Waals surface area contributed by atoms with Crippen LogP contribution in [0.5, 0.6) is 0 Å². The van der Waals surface area contributed by atoms with Gasteiger partial charge in [0.05, 0.1) is 0 Å². The summed E-state index contributed by atoms with van der Waals surface area (Å²) in [5.41, 5.74) is 1.32. The fourth-order valence-corrected chi connectivity index (χ4v) is 2.22. The van der Waals surface area contributed by atoms with Crippen LogP contribution in [-0.2, 0) is 6.42 Å². The molecule has 1 atom stereocenters. The van der Waals surface area contributed by atoms with Crippen LogP contribution in [0.2, 0.25) is 0 Å². The van der Waals surface area contributed by atoms with E-state index in [1.54, 1.807) is 0 Å². The summed E-state index contributed by atoms with van der Waals surface area (Å²) in [7, 11) is 0. The maximum absolute atomic E-state index is 4.19. The average Bonchev–Trinajstić information content (AvgIpc) is 2.24. The smallest absolute Gasteiger partial charge is 0.0410 e. The highest BCUT2D eigenvalue weighted by atomic mass is 79.9. The quantitative estimate of drug-likeness (QED) is 0.777. The Kier molecular flexibility index (Phi) is 6.75. The van der Waals surface area contributed by atoms with E-state index in [0.29, 0.717) is 5.92 Å². The number of nitrogens with one attached hydrogen (secondary N) is 1. The summed E-state index contributed by atoms with van der Waals surface area (Å²) in [4.78, 5) is 4.19. The van der Waals surface area contributed by atoms with Crippen molar-refractivity contribution in [3.05, 3.63) is 28.5 Å². The molecule has 1 N–H and O–H groups in total. The predicted molar refractivity (Wildman–Crippen MR) is 77.1 cm³/mol. The monoisotopic (exact) mass is 298 g/mol. The zero-order chi connectivity index (χ0) is 12.7. The third-order valence-corrected chi connectivity index (χ3v) is 3.15. The molecule has 0 saturated carbocycles. The lowest BCUT2D eigenvalue weighted by molar-refractivity contribution is 0.474. The van der Waals surface area contributed by atoms with Crippen LogP contribution in [0.1, 0.15) is 32.8 Å². The zero-order valence-corrected chi connectivity index (χ0v) is 12.6. The van der Waals surface area contributed by atoms with Crippen molar-refractivity contribution in [3.8, 4) is 0 Å². The van der Waals surface area contributed by atoms with E-state index in [2.05, 4.69) is 53.1 Å². The molecule has 0 aliphatic carbocycles. The topological polar surface area (TPSA) is 24.9 Å². The molecule has 1 rings (SSSR count). The summed E-state index contributed by atoms with van der Waals surface area (Å²) >= 11 is 3.46. The molecule has 0 amide bonds. The van der Waals surface area contributed by atoms with Gasteiger partial charge in [-0.25, -0.2) is 0 Å². The third-order valence-electron chi connectivity index (χ3n) is 2.71. The summed E-state index contributed by atoms with van der Waals surface area (Å²) in [6, 6.07) is 2.16. The molecule has 0 aliphatic heterocycles. The number of hydrogen-bond acceptors (Lipinski definition) is 2. The van der Waals surface area contributed by atoms with E-state index in [1.807, 2.05) is 12.4 Å². The number of rotatable bonds is 7. The molecule has 0 aromatic carbocycles. The number of nitrogens with zero attached hydrogens (tertiary/aromatic N) is 1. The van der Waals surface area contributed by atoms with Gasteiger partial charge in [-0.15, -0.1) is 0 Å². The molecule has 3 heteroatoms. The van der Waals surface area contributed by atoms with Gasteiger partial charge in [0.1, 0.15) is 0 Å². The molecule has 96 valence electrons. The van der Waals surface area contributed by atoms with Crippen molar-refractivity contribution in [1.82, 2.24) is 10.3 Å².